The van der Waals surface area contributed by atoms with Gasteiger partial charge in [-0.05, 0) is 47.9 Å². The number of halogens is 3. The van der Waals surface area contributed by atoms with Gasteiger partial charge in [-0.3, -0.25) is 11.3 Å². The molecule has 0 saturated carbocycles. The Morgan fingerprint density at radius 3 is 2.67 bits per heavy atom. The van der Waals surface area contributed by atoms with Gasteiger partial charge in [0.2, 0.25) is 0 Å². The van der Waals surface area contributed by atoms with Crippen molar-refractivity contribution in [2.75, 3.05) is 7.11 Å². The van der Waals surface area contributed by atoms with Crippen LogP contribution in [0, 0.1) is 5.82 Å². The lowest BCUT2D eigenvalue weighted by atomic mass is 9.99. The Bertz CT molecular complexity index is 619. The van der Waals surface area contributed by atoms with E-state index in [0.29, 0.717) is 11.4 Å². The van der Waals surface area contributed by atoms with Crippen LogP contribution in [0.15, 0.2) is 40.9 Å². The molecule has 0 aromatic heterocycles. The van der Waals surface area contributed by atoms with Crippen LogP contribution in [-0.4, -0.2) is 7.11 Å². The molecule has 0 heterocycles. The van der Waals surface area contributed by atoms with E-state index in [1.165, 1.54) is 13.2 Å². The molecule has 0 radical (unpaired) electrons. The van der Waals surface area contributed by atoms with Gasteiger partial charge in [0.05, 0.1) is 13.2 Å². The van der Waals surface area contributed by atoms with Gasteiger partial charge in [-0.2, -0.15) is 0 Å². The second-order valence-electron chi connectivity index (χ2n) is 4.60. The van der Waals surface area contributed by atoms with E-state index >= 15 is 0 Å². The van der Waals surface area contributed by atoms with E-state index in [1.807, 2.05) is 18.2 Å². The standard InChI is InChI=1S/C15H15BrClFN2O/c1-21-15-3-2-9(4-13(15)18)5-14(20-19)10-6-11(16)8-12(17)7-10/h2-4,6-8,14,20H,5,19H2,1H3. The number of benzene rings is 2. The second-order valence-corrected chi connectivity index (χ2v) is 5.95. The fourth-order valence-corrected chi connectivity index (χ4v) is 3.01. The zero-order valence-corrected chi connectivity index (χ0v) is 13.7. The van der Waals surface area contributed by atoms with E-state index in [0.717, 1.165) is 15.6 Å². The molecular weight excluding hydrogens is 359 g/mol. The fourth-order valence-electron chi connectivity index (χ4n) is 2.12. The van der Waals surface area contributed by atoms with Gasteiger partial charge in [0.15, 0.2) is 11.6 Å². The zero-order chi connectivity index (χ0) is 15.4. The minimum absolute atomic E-state index is 0.173. The summed E-state index contributed by atoms with van der Waals surface area (Å²) < 4.78 is 19.5. The van der Waals surface area contributed by atoms with Crippen molar-refractivity contribution in [3.05, 3.63) is 62.8 Å². The summed E-state index contributed by atoms with van der Waals surface area (Å²) in [6, 6.07) is 10.2. The van der Waals surface area contributed by atoms with Gasteiger partial charge in [0.25, 0.3) is 0 Å². The molecular formula is C15H15BrClFN2O. The predicted octanol–water partition coefficient (Wildman–Crippen LogP) is 4.00. The van der Waals surface area contributed by atoms with Crippen LogP contribution in [0.2, 0.25) is 5.02 Å². The zero-order valence-electron chi connectivity index (χ0n) is 11.4. The molecule has 2 aromatic rings. The Labute approximate surface area is 136 Å². The fraction of sp³-hybridized carbons (Fsp3) is 0.200. The van der Waals surface area contributed by atoms with E-state index < -0.39 is 5.82 Å². The normalized spacial score (nSPS) is 12.2. The SMILES string of the molecule is COc1ccc(CC(NN)c2cc(Cl)cc(Br)c2)cc1F. The molecule has 6 heteroatoms. The van der Waals surface area contributed by atoms with Crippen LogP contribution in [0.25, 0.3) is 0 Å². The lowest BCUT2D eigenvalue weighted by Gasteiger charge is -2.17. The first-order chi connectivity index (χ1) is 10.0. The van der Waals surface area contributed by atoms with Gasteiger partial charge in [0.1, 0.15) is 0 Å². The number of rotatable bonds is 5. The van der Waals surface area contributed by atoms with Crippen molar-refractivity contribution < 1.29 is 9.13 Å². The molecule has 2 aromatic carbocycles. The minimum Gasteiger partial charge on any atom is -0.494 e. The van der Waals surface area contributed by atoms with Gasteiger partial charge in [-0.1, -0.05) is 33.6 Å². The maximum atomic E-state index is 13.7. The Morgan fingerprint density at radius 1 is 1.33 bits per heavy atom. The minimum atomic E-state index is -0.391. The summed E-state index contributed by atoms with van der Waals surface area (Å²) in [4.78, 5) is 0. The molecule has 1 unspecified atom stereocenters. The van der Waals surface area contributed by atoms with Gasteiger partial charge in [0, 0.05) is 9.50 Å². The maximum absolute atomic E-state index is 13.7. The first-order valence-corrected chi connectivity index (χ1v) is 7.45. The van der Waals surface area contributed by atoms with Crippen molar-refractivity contribution in [1.29, 1.82) is 0 Å². The molecule has 0 aliphatic carbocycles. The Hall–Kier alpha value is -1.14. The summed E-state index contributed by atoms with van der Waals surface area (Å²) in [7, 11) is 1.44. The largest absolute Gasteiger partial charge is 0.494 e. The monoisotopic (exact) mass is 372 g/mol. The van der Waals surface area contributed by atoms with Crippen LogP contribution in [0.5, 0.6) is 5.75 Å². The van der Waals surface area contributed by atoms with Crippen molar-refractivity contribution in [3.8, 4) is 5.75 Å². The van der Waals surface area contributed by atoms with E-state index in [-0.39, 0.29) is 11.8 Å². The quantitative estimate of drug-likeness (QED) is 0.615. The van der Waals surface area contributed by atoms with Crippen LogP contribution in [-0.2, 0) is 6.42 Å². The predicted molar refractivity (Wildman–Crippen MR) is 85.9 cm³/mol. The summed E-state index contributed by atoms with van der Waals surface area (Å²) >= 11 is 9.44. The van der Waals surface area contributed by atoms with Gasteiger partial charge in [-0.15, -0.1) is 0 Å². The van der Waals surface area contributed by atoms with Crippen molar-refractivity contribution in [2.24, 2.45) is 5.84 Å². The smallest absolute Gasteiger partial charge is 0.165 e. The van der Waals surface area contributed by atoms with Crippen LogP contribution in [0.4, 0.5) is 4.39 Å². The highest BCUT2D eigenvalue weighted by molar-refractivity contribution is 9.10. The van der Waals surface area contributed by atoms with Crippen molar-refractivity contribution in [2.45, 2.75) is 12.5 Å². The van der Waals surface area contributed by atoms with Crippen LogP contribution >= 0.6 is 27.5 Å². The lowest BCUT2D eigenvalue weighted by Crippen LogP contribution is -2.29. The van der Waals surface area contributed by atoms with Crippen molar-refractivity contribution in [3.63, 3.8) is 0 Å². The average Bonchev–Trinajstić information content (AvgIpc) is 2.43. The molecule has 0 fully saturated rings. The number of nitrogens with two attached hydrogens (primary N) is 1. The third kappa shape index (κ3) is 4.17. The third-order valence-corrected chi connectivity index (χ3v) is 3.82. The van der Waals surface area contributed by atoms with E-state index in [1.54, 1.807) is 12.1 Å². The highest BCUT2D eigenvalue weighted by Gasteiger charge is 2.13. The van der Waals surface area contributed by atoms with Crippen molar-refractivity contribution >= 4 is 27.5 Å². The summed E-state index contributed by atoms with van der Waals surface area (Å²) in [6.07, 6.45) is 0.532. The molecule has 21 heavy (non-hydrogen) atoms. The van der Waals surface area contributed by atoms with Gasteiger partial charge >= 0.3 is 0 Å². The van der Waals surface area contributed by atoms with E-state index in [9.17, 15) is 4.39 Å². The molecule has 0 aliphatic heterocycles. The molecule has 0 aliphatic rings. The lowest BCUT2D eigenvalue weighted by molar-refractivity contribution is 0.386. The highest BCUT2D eigenvalue weighted by Crippen LogP contribution is 2.27. The molecule has 0 bridgehead atoms. The Balaban J connectivity index is 2.24. The number of nitrogens with one attached hydrogen (secondary N) is 1. The summed E-state index contributed by atoms with van der Waals surface area (Å²) in [5, 5.41) is 0.612. The number of hydrazine groups is 1. The van der Waals surface area contributed by atoms with Crippen LogP contribution < -0.4 is 16.0 Å². The molecule has 112 valence electrons. The Morgan fingerprint density at radius 2 is 2.10 bits per heavy atom. The first-order valence-electron chi connectivity index (χ1n) is 6.28. The summed E-state index contributed by atoms with van der Waals surface area (Å²) in [5.41, 5.74) is 4.47. The van der Waals surface area contributed by atoms with Crippen molar-refractivity contribution in [1.82, 2.24) is 5.43 Å². The number of hydrogen-bond acceptors (Lipinski definition) is 3. The highest BCUT2D eigenvalue weighted by atomic mass is 79.9. The number of hydrogen-bond donors (Lipinski definition) is 2. The molecule has 0 amide bonds. The molecule has 1 atom stereocenters. The Kier molecular flexibility index (Phi) is 5.58. The molecule has 3 N–H and O–H groups in total. The average molecular weight is 374 g/mol. The van der Waals surface area contributed by atoms with E-state index in [2.05, 4.69) is 21.4 Å². The summed E-state index contributed by atoms with van der Waals surface area (Å²) in [6.45, 7) is 0. The third-order valence-electron chi connectivity index (χ3n) is 3.14. The number of methoxy groups -OCH3 is 1. The van der Waals surface area contributed by atoms with Crippen LogP contribution in [0.3, 0.4) is 0 Å². The topological polar surface area (TPSA) is 47.3 Å². The second kappa shape index (κ2) is 7.22. The molecule has 3 nitrogen and oxygen atoms in total. The maximum Gasteiger partial charge on any atom is 0.165 e. The van der Waals surface area contributed by atoms with Gasteiger partial charge in [-0.25, -0.2) is 4.39 Å². The van der Waals surface area contributed by atoms with Gasteiger partial charge < -0.3 is 4.74 Å². The molecule has 2 rings (SSSR count). The molecule has 0 saturated heterocycles. The first kappa shape index (κ1) is 16.2. The summed E-state index contributed by atoms with van der Waals surface area (Å²) in [5.74, 6) is 5.45. The number of ether oxygens (including phenoxy) is 1. The molecule has 0 spiro atoms. The van der Waals surface area contributed by atoms with Crippen LogP contribution in [0.1, 0.15) is 17.2 Å². The van der Waals surface area contributed by atoms with E-state index in [4.69, 9.17) is 22.2 Å².